The molecule has 0 aliphatic carbocycles. The third-order valence-electron chi connectivity index (χ3n) is 4.90. The molecule has 1 atom stereocenters. The van der Waals surface area contributed by atoms with Crippen LogP contribution in [-0.2, 0) is 0 Å². The fourth-order valence-electron chi connectivity index (χ4n) is 3.44. The van der Waals surface area contributed by atoms with Crippen molar-refractivity contribution in [2.24, 2.45) is 5.73 Å². The van der Waals surface area contributed by atoms with Gasteiger partial charge < -0.3 is 5.73 Å². The molecule has 5 nitrogen and oxygen atoms in total. The predicted molar refractivity (Wildman–Crippen MR) is 128 cm³/mol. The van der Waals surface area contributed by atoms with Crippen molar-refractivity contribution in [3.05, 3.63) is 98.4 Å². The average Bonchev–Trinajstić information content (AvgIpc) is 3.05. The van der Waals surface area contributed by atoms with Crippen LogP contribution >= 0.6 is 57.7 Å². The number of aromatic nitrogens is 1. The van der Waals surface area contributed by atoms with E-state index in [0.717, 1.165) is 11.3 Å². The first-order chi connectivity index (χ1) is 15.3. The van der Waals surface area contributed by atoms with Crippen molar-refractivity contribution in [2.75, 3.05) is 0 Å². The molecule has 1 aromatic heterocycles. The van der Waals surface area contributed by atoms with E-state index in [0.29, 0.717) is 35.4 Å². The molecule has 158 valence electrons. The molecule has 0 saturated carbocycles. The maximum absolute atomic E-state index is 13.5. The summed E-state index contributed by atoms with van der Waals surface area (Å²) in [4.78, 5) is 13.5. The highest BCUT2D eigenvalue weighted by Gasteiger charge is 2.32. The van der Waals surface area contributed by atoms with Gasteiger partial charge in [-0.25, -0.2) is 0 Å². The number of fused-ring (bicyclic) bond motifs is 1. The topological polar surface area (TPSA) is 95.6 Å². The van der Waals surface area contributed by atoms with Crippen LogP contribution in [0.15, 0.2) is 52.5 Å². The first kappa shape index (κ1) is 22.5. The normalized spacial score (nSPS) is 16.0. The van der Waals surface area contributed by atoms with Crippen LogP contribution in [0.1, 0.15) is 17.2 Å². The molecule has 0 radical (unpaired) electrons. The Morgan fingerprint density at radius 3 is 2.25 bits per heavy atom. The third kappa shape index (κ3) is 3.71. The number of hydrogen-bond acceptors (Lipinski definition) is 5. The highest BCUT2D eigenvalue weighted by Crippen LogP contribution is 2.35. The SMILES string of the molecule is N#CC1=C(N)C(C#N)=c2s/c(=C/c3ccc(Cl)cc3Cl)c(=O)n2[C@H]1c1ccc(Cl)cc1Cl. The van der Waals surface area contributed by atoms with Gasteiger partial charge in [0.25, 0.3) is 5.56 Å². The van der Waals surface area contributed by atoms with E-state index in [-0.39, 0.29) is 21.9 Å². The van der Waals surface area contributed by atoms with Crippen LogP contribution in [0, 0.1) is 22.7 Å². The first-order valence-electron chi connectivity index (χ1n) is 8.94. The summed E-state index contributed by atoms with van der Waals surface area (Å²) in [6, 6.07) is 12.8. The number of hydrogen-bond donors (Lipinski definition) is 1. The van der Waals surface area contributed by atoms with Gasteiger partial charge >= 0.3 is 0 Å². The van der Waals surface area contributed by atoms with E-state index in [1.165, 1.54) is 10.6 Å². The van der Waals surface area contributed by atoms with Crippen LogP contribution in [0.2, 0.25) is 20.1 Å². The fourth-order valence-corrected chi connectivity index (χ4v) is 5.54. The highest BCUT2D eigenvalue weighted by molar-refractivity contribution is 7.07. The van der Waals surface area contributed by atoms with E-state index in [1.54, 1.807) is 36.4 Å². The van der Waals surface area contributed by atoms with Crippen molar-refractivity contribution in [3.8, 4) is 12.1 Å². The van der Waals surface area contributed by atoms with Crippen LogP contribution in [0.3, 0.4) is 0 Å². The molecule has 2 N–H and O–H groups in total. The number of nitrogens with two attached hydrogens (primary N) is 1. The Morgan fingerprint density at radius 2 is 1.66 bits per heavy atom. The lowest BCUT2D eigenvalue weighted by Crippen LogP contribution is -2.40. The van der Waals surface area contributed by atoms with Crippen molar-refractivity contribution in [2.45, 2.75) is 6.04 Å². The lowest BCUT2D eigenvalue weighted by Gasteiger charge is -2.24. The Morgan fingerprint density at radius 1 is 1.00 bits per heavy atom. The van der Waals surface area contributed by atoms with Gasteiger partial charge in [0, 0.05) is 20.1 Å². The third-order valence-corrected chi connectivity index (χ3v) is 7.13. The van der Waals surface area contributed by atoms with E-state index < -0.39 is 11.6 Å². The van der Waals surface area contributed by atoms with E-state index in [4.69, 9.17) is 52.1 Å². The van der Waals surface area contributed by atoms with Gasteiger partial charge in [-0.05, 0) is 41.5 Å². The molecule has 4 rings (SSSR count). The van der Waals surface area contributed by atoms with Crippen molar-refractivity contribution in [1.82, 2.24) is 4.57 Å². The van der Waals surface area contributed by atoms with Crippen molar-refractivity contribution in [3.63, 3.8) is 0 Å². The molecule has 0 saturated heterocycles. The second kappa shape index (κ2) is 8.67. The smallest absolute Gasteiger partial charge is 0.269 e. The summed E-state index contributed by atoms with van der Waals surface area (Å²) in [5.74, 6) is 0. The molecule has 3 aromatic rings. The molecular formula is C22H10Cl4N4OS. The largest absolute Gasteiger partial charge is 0.397 e. The van der Waals surface area contributed by atoms with Crippen molar-refractivity contribution < 1.29 is 0 Å². The number of nitriles is 2. The Balaban J connectivity index is 2.10. The van der Waals surface area contributed by atoms with Gasteiger partial charge in [0.1, 0.15) is 22.3 Å². The molecular weight excluding hydrogens is 510 g/mol. The van der Waals surface area contributed by atoms with Crippen LogP contribution < -0.4 is 20.5 Å². The number of allylic oxidation sites excluding steroid dienone is 2. The molecule has 2 heterocycles. The number of nitrogens with zero attached hydrogens (tertiary/aromatic N) is 3. The van der Waals surface area contributed by atoms with Crippen molar-refractivity contribution >= 4 is 69.4 Å². The fraction of sp³-hybridized carbons (Fsp3) is 0.0455. The van der Waals surface area contributed by atoms with Crippen LogP contribution in [0.25, 0.3) is 11.6 Å². The van der Waals surface area contributed by atoms with E-state index >= 15 is 0 Å². The van der Waals surface area contributed by atoms with Gasteiger partial charge in [-0.3, -0.25) is 9.36 Å². The summed E-state index contributed by atoms with van der Waals surface area (Å²) in [6.45, 7) is 0. The zero-order chi connectivity index (χ0) is 23.2. The van der Waals surface area contributed by atoms with Gasteiger partial charge in [0.15, 0.2) is 0 Å². The molecule has 0 bridgehead atoms. The summed E-state index contributed by atoms with van der Waals surface area (Å²) in [5, 5.41) is 21.1. The minimum absolute atomic E-state index is 0.00309. The van der Waals surface area contributed by atoms with Crippen LogP contribution in [0.5, 0.6) is 0 Å². The lowest BCUT2D eigenvalue weighted by atomic mass is 9.93. The molecule has 10 heteroatoms. The molecule has 0 fully saturated rings. The van der Waals surface area contributed by atoms with Gasteiger partial charge in [-0.2, -0.15) is 10.5 Å². The molecule has 1 aliphatic heterocycles. The lowest BCUT2D eigenvalue weighted by molar-refractivity contribution is 0.634. The van der Waals surface area contributed by atoms with Gasteiger partial charge in [-0.15, -0.1) is 11.3 Å². The van der Waals surface area contributed by atoms with E-state index in [1.807, 2.05) is 12.1 Å². The number of thiazole rings is 1. The number of halogens is 4. The maximum atomic E-state index is 13.5. The summed E-state index contributed by atoms with van der Waals surface area (Å²) in [6.07, 6.45) is 1.61. The molecule has 0 amide bonds. The van der Waals surface area contributed by atoms with Gasteiger partial charge in [-0.1, -0.05) is 58.5 Å². The predicted octanol–water partition coefficient (Wildman–Crippen LogP) is 4.37. The average molecular weight is 520 g/mol. The van der Waals surface area contributed by atoms with Gasteiger partial charge in [0.05, 0.1) is 21.9 Å². The maximum Gasteiger partial charge on any atom is 0.269 e. The molecule has 32 heavy (non-hydrogen) atoms. The first-order valence-corrected chi connectivity index (χ1v) is 11.3. The molecule has 0 unspecified atom stereocenters. The van der Waals surface area contributed by atoms with Gasteiger partial charge in [0.2, 0.25) is 0 Å². The van der Waals surface area contributed by atoms with E-state index in [9.17, 15) is 15.3 Å². The summed E-state index contributed by atoms with van der Waals surface area (Å²) in [5.41, 5.74) is 6.92. The zero-order valence-electron chi connectivity index (χ0n) is 15.9. The zero-order valence-corrected chi connectivity index (χ0v) is 19.7. The summed E-state index contributed by atoms with van der Waals surface area (Å²) < 4.78 is 1.99. The summed E-state index contributed by atoms with van der Waals surface area (Å²) in [7, 11) is 0. The monoisotopic (exact) mass is 518 g/mol. The molecule has 1 aliphatic rings. The van der Waals surface area contributed by atoms with Crippen molar-refractivity contribution in [1.29, 1.82) is 10.5 Å². The number of rotatable bonds is 2. The molecule has 2 aromatic carbocycles. The Labute approximate surface area is 206 Å². The Kier molecular flexibility index (Phi) is 6.09. The Hall–Kier alpha value is -2.71. The van der Waals surface area contributed by atoms with Crippen LogP contribution in [-0.4, -0.2) is 4.57 Å². The quantitative estimate of drug-likeness (QED) is 0.543. The molecule has 0 spiro atoms. The number of benzene rings is 2. The second-order valence-electron chi connectivity index (χ2n) is 6.75. The second-order valence-corrected chi connectivity index (χ2v) is 9.47. The standard InChI is InChI=1S/C22H10Cl4N4OS/c23-11-2-1-10(16(25)6-11)5-18-21(31)30-20(13-4-3-12(24)7-17(13)26)14(8-27)19(29)15(9-28)22(30)32-18/h1-7,20H,29H2/b18-5+/t20-/m0/s1. The Bertz CT molecular complexity index is 1590. The highest BCUT2D eigenvalue weighted by atomic mass is 35.5. The minimum Gasteiger partial charge on any atom is -0.397 e. The minimum atomic E-state index is -0.913. The van der Waals surface area contributed by atoms with Crippen LogP contribution in [0.4, 0.5) is 0 Å². The summed E-state index contributed by atoms with van der Waals surface area (Å²) >= 11 is 25.7. The van der Waals surface area contributed by atoms with E-state index in [2.05, 4.69) is 0 Å².